The molecule has 0 saturated heterocycles. The number of rotatable bonds is 3. The summed E-state index contributed by atoms with van der Waals surface area (Å²) in [7, 11) is 0. The fourth-order valence-corrected chi connectivity index (χ4v) is 0.707. The molecule has 0 heterocycles. The summed E-state index contributed by atoms with van der Waals surface area (Å²) in [5, 5.41) is 8.44. The maximum Gasteiger partial charge on any atom is 0.389 e. The number of halogens is 3. The Bertz CT molecular complexity index is 146. The number of aliphatic hydroxyl groups excluding tert-OH is 1. The Kier molecular flexibility index (Phi) is 3.98. The zero-order valence-electron chi connectivity index (χ0n) is 5.34. The first-order chi connectivity index (χ1) is 4.83. The van der Waals surface area contributed by atoms with E-state index < -0.39 is 35.5 Å². The molecule has 0 amide bonds. The van der Waals surface area contributed by atoms with Crippen LogP contribution in [0.25, 0.3) is 0 Å². The van der Waals surface area contributed by atoms with Gasteiger partial charge in [-0.25, -0.2) is 4.21 Å². The van der Waals surface area contributed by atoms with Gasteiger partial charge in [-0.1, -0.05) is 0 Å². The average Bonchev–Trinajstić information content (AvgIpc) is 1.80. The maximum absolute atomic E-state index is 11.4. The van der Waals surface area contributed by atoms with E-state index in [9.17, 15) is 17.4 Å². The topological polar surface area (TPSA) is 57.5 Å². The van der Waals surface area contributed by atoms with Crippen molar-refractivity contribution in [3.8, 4) is 0 Å². The summed E-state index contributed by atoms with van der Waals surface area (Å²) in [5.41, 5.74) is -1.81. The molecular formula is C4H7F3O3S. The van der Waals surface area contributed by atoms with Crippen molar-refractivity contribution in [3.63, 3.8) is 0 Å². The molecule has 0 aromatic rings. The highest BCUT2D eigenvalue weighted by Gasteiger charge is 2.28. The first-order valence-corrected chi connectivity index (χ1v) is 3.84. The van der Waals surface area contributed by atoms with E-state index in [1.54, 1.807) is 0 Å². The average molecular weight is 192 g/mol. The van der Waals surface area contributed by atoms with Gasteiger partial charge >= 0.3 is 6.18 Å². The summed E-state index contributed by atoms with van der Waals surface area (Å²) in [6.07, 6.45) is -6.38. The third kappa shape index (κ3) is 6.27. The van der Waals surface area contributed by atoms with E-state index in [1.165, 1.54) is 0 Å². The van der Waals surface area contributed by atoms with Gasteiger partial charge in [-0.05, 0) is 6.42 Å². The Balaban J connectivity index is 3.63. The highest BCUT2D eigenvalue weighted by atomic mass is 32.2. The van der Waals surface area contributed by atoms with E-state index in [0.717, 1.165) is 0 Å². The number of hydrogen-bond acceptors (Lipinski definition) is 2. The molecule has 11 heavy (non-hydrogen) atoms. The lowest BCUT2D eigenvalue weighted by Gasteiger charge is -2.07. The van der Waals surface area contributed by atoms with Crippen molar-refractivity contribution in [1.29, 1.82) is 0 Å². The quantitative estimate of drug-likeness (QED) is 0.652. The summed E-state index contributed by atoms with van der Waals surface area (Å²) in [5.74, 6) is 0. The van der Waals surface area contributed by atoms with Crippen molar-refractivity contribution in [2.75, 3.05) is 0 Å². The summed E-state index contributed by atoms with van der Waals surface area (Å²) in [4.78, 5) is 0. The van der Waals surface area contributed by atoms with Crippen molar-refractivity contribution in [3.05, 3.63) is 0 Å². The lowest BCUT2D eigenvalue weighted by Crippen LogP contribution is -2.17. The monoisotopic (exact) mass is 192 g/mol. The Hall–Kier alpha value is -0.140. The molecule has 0 aliphatic heterocycles. The Morgan fingerprint density at radius 2 is 1.91 bits per heavy atom. The van der Waals surface area contributed by atoms with E-state index in [2.05, 4.69) is 0 Å². The van der Waals surface area contributed by atoms with Crippen LogP contribution in [-0.4, -0.2) is 25.5 Å². The first kappa shape index (κ1) is 10.9. The SMILES string of the molecule is O=S(O)C(O)CCC(F)(F)F. The standard InChI is InChI=1S/C4H7F3O3S/c5-4(6,7)2-1-3(8)11(9)10/h3,8H,1-2H2,(H,9,10). The van der Waals surface area contributed by atoms with Crippen molar-refractivity contribution >= 4 is 11.1 Å². The minimum absolute atomic E-state index is 0.743. The third-order valence-electron chi connectivity index (χ3n) is 0.908. The Morgan fingerprint density at radius 3 is 2.18 bits per heavy atom. The molecule has 0 aromatic carbocycles. The fourth-order valence-electron chi connectivity index (χ4n) is 0.388. The fraction of sp³-hybridized carbons (Fsp3) is 1.00. The van der Waals surface area contributed by atoms with Crippen LogP contribution < -0.4 is 0 Å². The number of hydrogen-bond donors (Lipinski definition) is 2. The van der Waals surface area contributed by atoms with E-state index in [0.29, 0.717) is 0 Å². The summed E-state index contributed by atoms with van der Waals surface area (Å²) >= 11 is -2.59. The minimum atomic E-state index is -4.39. The third-order valence-corrected chi connectivity index (χ3v) is 1.61. The van der Waals surface area contributed by atoms with Crippen molar-refractivity contribution < 1.29 is 27.0 Å². The smallest absolute Gasteiger partial charge is 0.377 e. The predicted octanol–water partition coefficient (Wildman–Crippen LogP) is 0.869. The molecule has 0 aliphatic carbocycles. The Morgan fingerprint density at radius 1 is 1.45 bits per heavy atom. The molecule has 7 heteroatoms. The van der Waals surface area contributed by atoms with E-state index in [-0.39, 0.29) is 0 Å². The molecule has 0 fully saturated rings. The van der Waals surface area contributed by atoms with Gasteiger partial charge in [0.1, 0.15) is 0 Å². The van der Waals surface area contributed by atoms with Gasteiger partial charge in [0, 0.05) is 6.42 Å². The van der Waals surface area contributed by atoms with Gasteiger partial charge in [0.05, 0.1) is 0 Å². The zero-order valence-corrected chi connectivity index (χ0v) is 6.15. The highest BCUT2D eigenvalue weighted by molar-refractivity contribution is 7.79. The molecule has 2 unspecified atom stereocenters. The van der Waals surface area contributed by atoms with Gasteiger partial charge in [-0.3, -0.25) is 0 Å². The van der Waals surface area contributed by atoms with E-state index in [1.807, 2.05) is 0 Å². The second-order valence-electron chi connectivity index (χ2n) is 1.88. The van der Waals surface area contributed by atoms with E-state index in [4.69, 9.17) is 9.66 Å². The van der Waals surface area contributed by atoms with Crippen molar-refractivity contribution in [2.45, 2.75) is 24.5 Å². The van der Waals surface area contributed by atoms with Crippen LogP contribution in [0.4, 0.5) is 13.2 Å². The molecule has 0 rings (SSSR count). The molecular weight excluding hydrogens is 185 g/mol. The molecule has 0 radical (unpaired) electrons. The first-order valence-electron chi connectivity index (χ1n) is 2.67. The number of aliphatic hydroxyl groups is 1. The van der Waals surface area contributed by atoms with Gasteiger partial charge in [0.2, 0.25) is 0 Å². The maximum atomic E-state index is 11.4. The summed E-state index contributed by atoms with van der Waals surface area (Å²) in [6.45, 7) is 0. The van der Waals surface area contributed by atoms with Gasteiger partial charge in [0.25, 0.3) is 0 Å². The van der Waals surface area contributed by atoms with Crippen LogP contribution in [0.2, 0.25) is 0 Å². The lowest BCUT2D eigenvalue weighted by molar-refractivity contribution is -0.137. The molecule has 2 atom stereocenters. The molecule has 68 valence electrons. The van der Waals surface area contributed by atoms with Crippen LogP contribution in [0.5, 0.6) is 0 Å². The largest absolute Gasteiger partial charge is 0.389 e. The van der Waals surface area contributed by atoms with Gasteiger partial charge in [-0.15, -0.1) is 0 Å². The molecule has 0 saturated carbocycles. The van der Waals surface area contributed by atoms with Gasteiger partial charge < -0.3 is 9.66 Å². The predicted molar refractivity (Wildman–Crippen MR) is 32.1 cm³/mol. The van der Waals surface area contributed by atoms with Crippen LogP contribution in [0, 0.1) is 0 Å². The summed E-state index contributed by atoms with van der Waals surface area (Å²) < 4.78 is 52.1. The lowest BCUT2D eigenvalue weighted by atomic mass is 10.3. The normalized spacial score (nSPS) is 17.9. The van der Waals surface area contributed by atoms with Crippen LogP contribution in [0.15, 0.2) is 0 Å². The molecule has 0 bridgehead atoms. The summed E-state index contributed by atoms with van der Waals surface area (Å²) in [6, 6.07) is 0. The molecule has 0 spiro atoms. The zero-order chi connectivity index (χ0) is 9.07. The second kappa shape index (κ2) is 4.03. The van der Waals surface area contributed by atoms with Gasteiger partial charge in [0.15, 0.2) is 16.5 Å². The van der Waals surface area contributed by atoms with E-state index >= 15 is 0 Å². The van der Waals surface area contributed by atoms with Crippen LogP contribution in [0.3, 0.4) is 0 Å². The number of alkyl halides is 3. The van der Waals surface area contributed by atoms with Crippen LogP contribution in [0.1, 0.15) is 12.8 Å². The molecule has 0 aromatic heterocycles. The molecule has 3 nitrogen and oxygen atoms in total. The second-order valence-corrected chi connectivity index (χ2v) is 2.98. The Labute approximate surface area is 63.5 Å². The van der Waals surface area contributed by atoms with Crippen LogP contribution in [-0.2, 0) is 11.1 Å². The highest BCUT2D eigenvalue weighted by Crippen LogP contribution is 2.22. The minimum Gasteiger partial charge on any atom is -0.377 e. The van der Waals surface area contributed by atoms with Crippen LogP contribution >= 0.6 is 0 Å². The van der Waals surface area contributed by atoms with Crippen molar-refractivity contribution in [2.24, 2.45) is 0 Å². The molecule has 2 N–H and O–H groups in total. The van der Waals surface area contributed by atoms with Gasteiger partial charge in [-0.2, -0.15) is 13.2 Å². The molecule has 0 aliphatic rings. The van der Waals surface area contributed by atoms with Crippen molar-refractivity contribution in [1.82, 2.24) is 0 Å².